The van der Waals surface area contributed by atoms with E-state index in [0.29, 0.717) is 28.4 Å². The topological polar surface area (TPSA) is 70.4 Å². The van der Waals surface area contributed by atoms with Crippen molar-refractivity contribution in [2.45, 2.75) is 32.0 Å². The molecule has 0 unspecified atom stereocenters. The molecule has 0 N–H and O–H groups in total. The van der Waals surface area contributed by atoms with Gasteiger partial charge in [0.15, 0.2) is 5.16 Å². The molecule has 0 saturated carbocycles. The molecule has 0 bridgehead atoms. The minimum Gasteiger partial charge on any atom is -0.494 e. The van der Waals surface area contributed by atoms with Crippen molar-refractivity contribution in [3.63, 3.8) is 0 Å². The minimum absolute atomic E-state index is 0.0463. The predicted octanol–water partition coefficient (Wildman–Crippen LogP) is 4.07. The first-order chi connectivity index (χ1) is 13.5. The van der Waals surface area contributed by atoms with E-state index >= 15 is 0 Å². The Morgan fingerprint density at radius 2 is 1.79 bits per heavy atom. The molecule has 0 amide bonds. The quantitative estimate of drug-likeness (QED) is 0.259. The van der Waals surface area contributed by atoms with E-state index in [1.54, 1.807) is 41.0 Å². The van der Waals surface area contributed by atoms with Gasteiger partial charge in [-0.25, -0.2) is 4.98 Å². The first kappa shape index (κ1) is 19.9. The van der Waals surface area contributed by atoms with Crippen LogP contribution in [0.4, 0.5) is 0 Å². The van der Waals surface area contributed by atoms with E-state index in [-0.39, 0.29) is 17.4 Å². The molecule has 1 aromatic heterocycles. The molecule has 0 aliphatic rings. The molecule has 3 rings (SSSR count). The van der Waals surface area contributed by atoms with Crippen LogP contribution in [0.1, 0.15) is 26.8 Å². The van der Waals surface area contributed by atoms with Gasteiger partial charge in [-0.3, -0.25) is 14.2 Å². The molecule has 0 fully saturated rings. The highest BCUT2D eigenvalue weighted by molar-refractivity contribution is 7.99. The van der Waals surface area contributed by atoms with Crippen LogP contribution in [-0.4, -0.2) is 27.9 Å². The van der Waals surface area contributed by atoms with Gasteiger partial charge in [-0.2, -0.15) is 0 Å². The average Bonchev–Trinajstić information content (AvgIpc) is 2.68. The van der Waals surface area contributed by atoms with Crippen LogP contribution in [0.3, 0.4) is 0 Å². The third-order valence-electron chi connectivity index (χ3n) is 3.98. The Morgan fingerprint density at radius 1 is 1.11 bits per heavy atom. The molecule has 6 nitrogen and oxygen atoms in total. The molecule has 7 heteroatoms. The summed E-state index contributed by atoms with van der Waals surface area (Å²) in [7, 11) is 0. The summed E-state index contributed by atoms with van der Waals surface area (Å²) in [5.41, 5.74) is 0.509. The fourth-order valence-electron chi connectivity index (χ4n) is 2.74. The number of thioether (sulfide) groups is 1. The van der Waals surface area contributed by atoms with Crippen LogP contribution < -0.4 is 15.0 Å². The second-order valence-corrected chi connectivity index (χ2v) is 7.29. The van der Waals surface area contributed by atoms with Crippen molar-refractivity contribution < 1.29 is 14.3 Å². The second-order valence-electron chi connectivity index (χ2n) is 6.35. The third kappa shape index (κ3) is 4.54. The van der Waals surface area contributed by atoms with E-state index in [9.17, 15) is 9.59 Å². The smallest absolute Gasteiger partial charge is 0.321 e. The van der Waals surface area contributed by atoms with Gasteiger partial charge < -0.3 is 9.47 Å². The number of carbonyl (C=O) groups is 1. The summed E-state index contributed by atoms with van der Waals surface area (Å²) in [6.07, 6.45) is 0. The molecule has 0 saturated heterocycles. The van der Waals surface area contributed by atoms with Crippen LogP contribution in [-0.2, 0) is 4.79 Å². The molecule has 0 spiro atoms. The molecule has 28 heavy (non-hydrogen) atoms. The summed E-state index contributed by atoms with van der Waals surface area (Å²) in [6, 6.07) is 14.0. The van der Waals surface area contributed by atoms with E-state index in [2.05, 4.69) is 4.98 Å². The first-order valence-corrected chi connectivity index (χ1v) is 10.1. The lowest BCUT2D eigenvalue weighted by Crippen LogP contribution is -2.25. The lowest BCUT2D eigenvalue weighted by atomic mass is 10.2. The summed E-state index contributed by atoms with van der Waals surface area (Å²) in [5, 5.41) is 1.07. The zero-order valence-corrected chi connectivity index (χ0v) is 16.9. The van der Waals surface area contributed by atoms with Crippen LogP contribution in [0.5, 0.6) is 11.5 Å². The van der Waals surface area contributed by atoms with E-state index in [4.69, 9.17) is 9.47 Å². The predicted molar refractivity (Wildman–Crippen MR) is 110 cm³/mol. The Morgan fingerprint density at radius 3 is 2.46 bits per heavy atom. The number of nitrogens with zero attached hydrogens (tertiary/aromatic N) is 2. The van der Waals surface area contributed by atoms with Crippen molar-refractivity contribution in [1.29, 1.82) is 0 Å². The van der Waals surface area contributed by atoms with Gasteiger partial charge in [0.2, 0.25) is 0 Å². The number of benzene rings is 2. The van der Waals surface area contributed by atoms with Crippen molar-refractivity contribution in [2.75, 3.05) is 12.4 Å². The maximum absolute atomic E-state index is 12.8. The molecular formula is C21H22N2O4S. The number of para-hydroxylation sites is 1. The van der Waals surface area contributed by atoms with Gasteiger partial charge in [0, 0.05) is 6.04 Å². The zero-order valence-electron chi connectivity index (χ0n) is 16.0. The van der Waals surface area contributed by atoms with Gasteiger partial charge in [0.1, 0.15) is 11.5 Å². The zero-order chi connectivity index (χ0) is 20.1. The Hall–Kier alpha value is -2.80. The van der Waals surface area contributed by atoms with Gasteiger partial charge in [-0.1, -0.05) is 23.9 Å². The van der Waals surface area contributed by atoms with Gasteiger partial charge in [0.05, 0.1) is 23.3 Å². The number of hydrogen-bond acceptors (Lipinski definition) is 6. The van der Waals surface area contributed by atoms with Crippen LogP contribution in [0, 0.1) is 0 Å². The number of ether oxygens (including phenoxy) is 2. The number of esters is 1. The minimum atomic E-state index is -0.410. The average molecular weight is 398 g/mol. The van der Waals surface area contributed by atoms with Gasteiger partial charge in [-0.15, -0.1) is 0 Å². The first-order valence-electron chi connectivity index (χ1n) is 9.07. The Labute approximate surface area is 167 Å². The monoisotopic (exact) mass is 398 g/mol. The summed E-state index contributed by atoms with van der Waals surface area (Å²) in [6.45, 7) is 6.31. The van der Waals surface area contributed by atoms with Crippen molar-refractivity contribution in [2.24, 2.45) is 0 Å². The van der Waals surface area contributed by atoms with Crippen molar-refractivity contribution in [3.8, 4) is 11.5 Å². The van der Waals surface area contributed by atoms with Crippen molar-refractivity contribution >= 4 is 28.6 Å². The Bertz CT molecular complexity index is 1030. The van der Waals surface area contributed by atoms with Crippen LogP contribution in [0.25, 0.3) is 10.9 Å². The van der Waals surface area contributed by atoms with Crippen LogP contribution in [0.2, 0.25) is 0 Å². The number of fused-ring (bicyclic) bond motifs is 1. The number of carbonyl (C=O) groups excluding carboxylic acids is 1. The maximum Gasteiger partial charge on any atom is 0.321 e. The summed E-state index contributed by atoms with van der Waals surface area (Å²) in [4.78, 5) is 29.6. The number of hydrogen-bond donors (Lipinski definition) is 0. The normalized spacial score (nSPS) is 11.0. The van der Waals surface area contributed by atoms with Crippen molar-refractivity contribution in [3.05, 3.63) is 58.9 Å². The fourth-order valence-corrected chi connectivity index (χ4v) is 3.64. The number of aromatic nitrogens is 2. The van der Waals surface area contributed by atoms with Gasteiger partial charge in [-0.05, 0) is 57.2 Å². The van der Waals surface area contributed by atoms with Gasteiger partial charge in [0.25, 0.3) is 5.56 Å². The van der Waals surface area contributed by atoms with Crippen LogP contribution in [0.15, 0.2) is 58.5 Å². The standard InChI is InChI=1S/C21H22N2O4S/c1-4-26-15-9-11-16(12-10-15)27-19(24)13-28-21-22-18-8-6-5-7-17(18)20(25)23(21)14(2)3/h5-12,14H,4,13H2,1-3H3. The molecule has 146 valence electrons. The largest absolute Gasteiger partial charge is 0.494 e. The Kier molecular flexibility index (Phi) is 6.36. The summed E-state index contributed by atoms with van der Waals surface area (Å²) in [5.74, 6) is 0.802. The van der Waals surface area contributed by atoms with Crippen LogP contribution >= 0.6 is 11.8 Å². The highest BCUT2D eigenvalue weighted by Gasteiger charge is 2.16. The number of rotatable bonds is 7. The maximum atomic E-state index is 12.8. The van der Waals surface area contributed by atoms with E-state index in [0.717, 1.165) is 5.75 Å². The lowest BCUT2D eigenvalue weighted by Gasteiger charge is -2.15. The Balaban J connectivity index is 1.74. The fraction of sp³-hybridized carbons (Fsp3) is 0.286. The SMILES string of the molecule is CCOc1ccc(OC(=O)CSc2nc3ccccc3c(=O)n2C(C)C)cc1. The highest BCUT2D eigenvalue weighted by atomic mass is 32.2. The summed E-state index contributed by atoms with van der Waals surface area (Å²) >= 11 is 1.20. The molecule has 2 aromatic carbocycles. The van der Waals surface area contributed by atoms with E-state index < -0.39 is 5.97 Å². The van der Waals surface area contributed by atoms with Crippen molar-refractivity contribution in [1.82, 2.24) is 9.55 Å². The van der Waals surface area contributed by atoms with Gasteiger partial charge >= 0.3 is 5.97 Å². The molecule has 0 radical (unpaired) electrons. The molecular weight excluding hydrogens is 376 g/mol. The highest BCUT2D eigenvalue weighted by Crippen LogP contribution is 2.22. The van der Waals surface area contributed by atoms with E-state index in [1.807, 2.05) is 32.9 Å². The molecule has 0 atom stereocenters. The second kappa shape index (κ2) is 8.93. The lowest BCUT2D eigenvalue weighted by molar-refractivity contribution is -0.131. The molecule has 3 aromatic rings. The molecule has 0 aliphatic heterocycles. The summed E-state index contributed by atoms with van der Waals surface area (Å²) < 4.78 is 12.3. The molecule has 0 aliphatic carbocycles. The van der Waals surface area contributed by atoms with E-state index in [1.165, 1.54) is 11.8 Å². The molecule has 1 heterocycles. The third-order valence-corrected chi connectivity index (χ3v) is 4.90.